The van der Waals surface area contributed by atoms with Crippen LogP contribution in [0.4, 0.5) is 4.39 Å². The lowest BCUT2D eigenvalue weighted by Crippen LogP contribution is -2.41. The number of carbonyl (C=O) groups is 3. The molecule has 23 heavy (non-hydrogen) atoms. The topological polar surface area (TPSA) is 66.5 Å². The first-order chi connectivity index (χ1) is 10.8. The van der Waals surface area contributed by atoms with Crippen molar-refractivity contribution >= 4 is 17.6 Å². The number of hydrogen-bond donors (Lipinski definition) is 1. The molecule has 0 radical (unpaired) electrons. The van der Waals surface area contributed by atoms with Crippen LogP contribution in [0.5, 0.6) is 0 Å². The number of Topliss-reactive ketones (excluding diaryl/α,β-unsaturated/α-hetero) is 1. The highest BCUT2D eigenvalue weighted by Crippen LogP contribution is 2.16. The Kier molecular flexibility index (Phi) is 5.47. The molecule has 6 heteroatoms. The Hall–Kier alpha value is -2.24. The minimum atomic E-state index is -0.635. The van der Waals surface area contributed by atoms with Crippen LogP contribution in [-0.2, 0) is 20.9 Å². The second kappa shape index (κ2) is 7.35. The van der Waals surface area contributed by atoms with Gasteiger partial charge in [-0.05, 0) is 23.6 Å². The predicted octanol–water partition coefficient (Wildman–Crippen LogP) is 1.66. The van der Waals surface area contributed by atoms with E-state index in [1.54, 1.807) is 17.0 Å². The van der Waals surface area contributed by atoms with Gasteiger partial charge in [-0.25, -0.2) is 4.39 Å². The van der Waals surface area contributed by atoms with Gasteiger partial charge >= 0.3 is 0 Å². The number of likely N-dealkylation sites (tertiary alicyclic amines) is 1. The fraction of sp³-hybridized carbons (Fsp3) is 0.471. The van der Waals surface area contributed by atoms with E-state index in [1.165, 1.54) is 12.1 Å². The molecule has 0 aromatic heterocycles. The van der Waals surface area contributed by atoms with Gasteiger partial charge in [-0.15, -0.1) is 0 Å². The number of ketones is 1. The summed E-state index contributed by atoms with van der Waals surface area (Å²) < 4.78 is 13.2. The minimum Gasteiger partial charge on any atom is -0.344 e. The van der Waals surface area contributed by atoms with Gasteiger partial charge in [0.05, 0.1) is 6.04 Å². The average Bonchev–Trinajstić information content (AvgIpc) is 2.78. The van der Waals surface area contributed by atoms with Crippen LogP contribution < -0.4 is 5.32 Å². The van der Waals surface area contributed by atoms with Gasteiger partial charge < -0.3 is 10.2 Å². The Bertz CT molecular complexity index is 616. The smallest absolute Gasteiger partial charge is 0.287 e. The maximum absolute atomic E-state index is 13.2. The third-order valence-corrected chi connectivity index (χ3v) is 3.66. The molecular formula is C17H21FN2O3. The van der Waals surface area contributed by atoms with E-state index in [1.807, 2.05) is 13.8 Å². The van der Waals surface area contributed by atoms with Crippen molar-refractivity contribution in [1.29, 1.82) is 0 Å². The molecule has 0 aliphatic carbocycles. The molecule has 1 aliphatic rings. The molecule has 1 aliphatic heterocycles. The van der Waals surface area contributed by atoms with Crippen LogP contribution >= 0.6 is 0 Å². The van der Waals surface area contributed by atoms with Crippen molar-refractivity contribution in [2.75, 3.05) is 6.54 Å². The summed E-state index contributed by atoms with van der Waals surface area (Å²) in [5, 5.41) is 2.62. The van der Waals surface area contributed by atoms with E-state index in [2.05, 4.69) is 5.32 Å². The van der Waals surface area contributed by atoms with Crippen LogP contribution in [0.2, 0.25) is 0 Å². The Labute approximate surface area is 134 Å². The maximum Gasteiger partial charge on any atom is 0.287 e. The summed E-state index contributed by atoms with van der Waals surface area (Å²) in [6.45, 7) is 4.36. The number of amides is 2. The van der Waals surface area contributed by atoms with Crippen LogP contribution in [0.15, 0.2) is 24.3 Å². The van der Waals surface area contributed by atoms with Crippen molar-refractivity contribution in [3.8, 4) is 0 Å². The van der Waals surface area contributed by atoms with E-state index >= 15 is 0 Å². The fourth-order valence-electron chi connectivity index (χ4n) is 2.61. The largest absolute Gasteiger partial charge is 0.344 e. The molecular weight excluding hydrogens is 299 g/mol. The van der Waals surface area contributed by atoms with Crippen LogP contribution in [-0.4, -0.2) is 35.1 Å². The zero-order valence-corrected chi connectivity index (χ0v) is 13.3. The fourth-order valence-corrected chi connectivity index (χ4v) is 2.61. The molecule has 0 unspecified atom stereocenters. The molecule has 0 bridgehead atoms. The minimum absolute atomic E-state index is 0.114. The number of rotatable bonds is 6. The van der Waals surface area contributed by atoms with Gasteiger partial charge in [0.2, 0.25) is 11.7 Å². The summed E-state index contributed by atoms with van der Waals surface area (Å²) in [7, 11) is 0. The highest BCUT2D eigenvalue weighted by atomic mass is 19.1. The second-order valence-electron chi connectivity index (χ2n) is 6.30. The normalized spacial score (nSPS) is 17.7. The SMILES string of the molecule is CC(C)CC(=O)C(=O)N[C@H]1CC(=O)N(Cc2cccc(F)c2)C1. The lowest BCUT2D eigenvalue weighted by Gasteiger charge is -2.17. The molecule has 1 fully saturated rings. The van der Waals surface area contributed by atoms with Crippen molar-refractivity contribution in [3.05, 3.63) is 35.6 Å². The van der Waals surface area contributed by atoms with Crippen molar-refractivity contribution in [1.82, 2.24) is 10.2 Å². The Balaban J connectivity index is 1.89. The zero-order chi connectivity index (χ0) is 17.0. The molecule has 1 aromatic rings. The van der Waals surface area contributed by atoms with Crippen LogP contribution in [0.3, 0.4) is 0 Å². The summed E-state index contributed by atoms with van der Waals surface area (Å²) in [6, 6.07) is 5.69. The standard InChI is InChI=1S/C17H21FN2O3/c1-11(2)6-15(21)17(23)19-14-8-16(22)20(10-14)9-12-4-3-5-13(18)7-12/h3-5,7,11,14H,6,8-10H2,1-2H3,(H,19,23)/t14-/m0/s1. The lowest BCUT2D eigenvalue weighted by atomic mass is 10.1. The average molecular weight is 320 g/mol. The Morgan fingerprint density at radius 3 is 2.78 bits per heavy atom. The number of benzene rings is 1. The predicted molar refractivity (Wildman–Crippen MR) is 82.8 cm³/mol. The molecule has 2 amide bonds. The molecule has 1 atom stereocenters. The van der Waals surface area contributed by atoms with Crippen molar-refractivity contribution < 1.29 is 18.8 Å². The first-order valence-corrected chi connectivity index (χ1v) is 7.71. The van der Waals surface area contributed by atoms with E-state index in [-0.39, 0.29) is 36.5 Å². The van der Waals surface area contributed by atoms with Gasteiger partial charge in [-0.3, -0.25) is 14.4 Å². The van der Waals surface area contributed by atoms with Gasteiger partial charge in [0.15, 0.2) is 0 Å². The number of nitrogens with zero attached hydrogens (tertiary/aromatic N) is 1. The van der Waals surface area contributed by atoms with Gasteiger partial charge in [-0.1, -0.05) is 26.0 Å². The number of halogens is 1. The van der Waals surface area contributed by atoms with Crippen LogP contribution in [0.1, 0.15) is 32.3 Å². The Morgan fingerprint density at radius 1 is 1.39 bits per heavy atom. The van der Waals surface area contributed by atoms with E-state index < -0.39 is 11.7 Å². The Morgan fingerprint density at radius 2 is 2.13 bits per heavy atom. The van der Waals surface area contributed by atoms with Gasteiger partial charge in [0.25, 0.3) is 5.91 Å². The summed E-state index contributed by atoms with van der Waals surface area (Å²) in [5.41, 5.74) is 0.696. The van der Waals surface area contributed by atoms with Crippen molar-refractivity contribution in [3.63, 3.8) is 0 Å². The lowest BCUT2D eigenvalue weighted by molar-refractivity contribution is -0.138. The van der Waals surface area contributed by atoms with E-state index in [0.717, 1.165) is 0 Å². The molecule has 0 spiro atoms. The van der Waals surface area contributed by atoms with Gasteiger partial charge in [0.1, 0.15) is 5.82 Å². The second-order valence-corrected chi connectivity index (χ2v) is 6.30. The molecule has 1 aromatic carbocycles. The molecule has 1 heterocycles. The summed E-state index contributed by atoms with van der Waals surface area (Å²) in [5.74, 6) is -1.45. The van der Waals surface area contributed by atoms with Crippen LogP contribution in [0.25, 0.3) is 0 Å². The summed E-state index contributed by atoms with van der Waals surface area (Å²) in [4.78, 5) is 37.1. The third kappa shape index (κ3) is 4.87. The maximum atomic E-state index is 13.2. The molecule has 124 valence electrons. The van der Waals surface area contributed by atoms with Crippen molar-refractivity contribution in [2.24, 2.45) is 5.92 Å². The number of nitrogens with one attached hydrogen (secondary N) is 1. The highest BCUT2D eigenvalue weighted by molar-refractivity contribution is 6.36. The summed E-state index contributed by atoms with van der Waals surface area (Å²) in [6.07, 6.45) is 0.357. The van der Waals surface area contributed by atoms with Gasteiger partial charge in [0, 0.05) is 25.9 Å². The molecule has 5 nitrogen and oxygen atoms in total. The first-order valence-electron chi connectivity index (χ1n) is 7.71. The summed E-state index contributed by atoms with van der Waals surface area (Å²) >= 11 is 0. The monoisotopic (exact) mass is 320 g/mol. The molecule has 1 saturated heterocycles. The quantitative estimate of drug-likeness (QED) is 0.811. The molecule has 0 saturated carbocycles. The van der Waals surface area contributed by atoms with Gasteiger partial charge in [-0.2, -0.15) is 0 Å². The zero-order valence-electron chi connectivity index (χ0n) is 13.3. The van der Waals surface area contributed by atoms with Crippen molar-refractivity contribution in [2.45, 2.75) is 39.3 Å². The molecule has 1 N–H and O–H groups in total. The third-order valence-electron chi connectivity index (χ3n) is 3.66. The van der Waals surface area contributed by atoms with E-state index in [4.69, 9.17) is 0 Å². The number of hydrogen-bond acceptors (Lipinski definition) is 3. The molecule has 2 rings (SSSR count). The first kappa shape index (κ1) is 17.1. The highest BCUT2D eigenvalue weighted by Gasteiger charge is 2.31. The number of carbonyl (C=O) groups excluding carboxylic acids is 3. The van der Waals surface area contributed by atoms with E-state index in [0.29, 0.717) is 18.7 Å². The van der Waals surface area contributed by atoms with Crippen LogP contribution in [0, 0.1) is 11.7 Å². The van der Waals surface area contributed by atoms with E-state index in [9.17, 15) is 18.8 Å².